The molecule has 0 radical (unpaired) electrons. The van der Waals surface area contributed by atoms with Gasteiger partial charge in [0, 0.05) is 37.2 Å². The van der Waals surface area contributed by atoms with E-state index in [-0.39, 0.29) is 0 Å². The standard InChI is InChI=1S/C50H33NS/c1-3-20-42-34(12-1)14-9-23-44(42)37-16-7-18-40(32-37)51(41-19-8-17-38(33-41)45-24-10-15-35-13-2-4-21-43(35)45)39-30-28-36(29-31-39)46-25-11-27-49-50(46)47-22-5-6-26-48(47)52-49/h1-33H. The maximum Gasteiger partial charge on any atom is 0.0467 e. The van der Waals surface area contributed by atoms with Crippen molar-refractivity contribution in [2.45, 2.75) is 0 Å². The lowest BCUT2D eigenvalue weighted by atomic mass is 9.96. The van der Waals surface area contributed by atoms with Crippen molar-refractivity contribution in [1.82, 2.24) is 0 Å². The molecule has 9 aromatic carbocycles. The first kappa shape index (κ1) is 30.4. The van der Waals surface area contributed by atoms with Crippen molar-refractivity contribution in [3.05, 3.63) is 200 Å². The Morgan fingerprint density at radius 3 is 1.42 bits per heavy atom. The highest BCUT2D eigenvalue weighted by Crippen LogP contribution is 2.43. The zero-order chi connectivity index (χ0) is 34.4. The van der Waals surface area contributed by atoms with Crippen LogP contribution in [-0.4, -0.2) is 0 Å². The number of hydrogen-bond acceptors (Lipinski definition) is 2. The van der Waals surface area contributed by atoms with Gasteiger partial charge >= 0.3 is 0 Å². The van der Waals surface area contributed by atoms with Gasteiger partial charge in [0.15, 0.2) is 0 Å². The van der Waals surface area contributed by atoms with Crippen LogP contribution in [0, 0.1) is 0 Å². The van der Waals surface area contributed by atoms with E-state index >= 15 is 0 Å². The molecular weight excluding hydrogens is 647 g/mol. The van der Waals surface area contributed by atoms with Gasteiger partial charge in [-0.05, 0) is 103 Å². The minimum Gasteiger partial charge on any atom is -0.310 e. The van der Waals surface area contributed by atoms with E-state index in [1.54, 1.807) is 0 Å². The van der Waals surface area contributed by atoms with Crippen molar-refractivity contribution < 1.29 is 0 Å². The quantitative estimate of drug-likeness (QED) is 0.169. The SMILES string of the molecule is c1cc(-c2cccc3ccccc23)cc(N(c2ccc(-c3cccc4sc5ccccc5c34)cc2)c2cccc(-c3cccc4ccccc34)c2)c1. The first-order valence-electron chi connectivity index (χ1n) is 17.8. The van der Waals surface area contributed by atoms with Crippen LogP contribution in [0.1, 0.15) is 0 Å². The van der Waals surface area contributed by atoms with Gasteiger partial charge in [-0.25, -0.2) is 0 Å². The van der Waals surface area contributed by atoms with Gasteiger partial charge in [-0.1, -0.05) is 152 Å². The molecule has 0 N–H and O–H groups in total. The Bertz CT molecular complexity index is 2780. The molecular formula is C50H33NS. The molecule has 0 atom stereocenters. The first-order valence-corrected chi connectivity index (χ1v) is 18.6. The van der Waals surface area contributed by atoms with E-state index in [2.05, 4.69) is 205 Å². The van der Waals surface area contributed by atoms with Gasteiger partial charge in [0.25, 0.3) is 0 Å². The molecule has 10 rings (SSSR count). The molecule has 1 heterocycles. The minimum absolute atomic E-state index is 1.11. The summed E-state index contributed by atoms with van der Waals surface area (Å²) in [6.07, 6.45) is 0. The number of hydrogen-bond donors (Lipinski definition) is 0. The molecule has 1 nitrogen and oxygen atoms in total. The van der Waals surface area contributed by atoms with E-state index < -0.39 is 0 Å². The van der Waals surface area contributed by atoms with E-state index in [0.29, 0.717) is 0 Å². The molecule has 0 bridgehead atoms. The molecule has 0 unspecified atom stereocenters. The van der Waals surface area contributed by atoms with Gasteiger partial charge in [-0.3, -0.25) is 0 Å². The summed E-state index contributed by atoms with van der Waals surface area (Å²) < 4.78 is 2.64. The summed E-state index contributed by atoms with van der Waals surface area (Å²) in [5.41, 5.74) is 10.7. The predicted molar refractivity (Wildman–Crippen MR) is 225 cm³/mol. The van der Waals surface area contributed by atoms with E-state index in [0.717, 1.165) is 17.1 Å². The highest BCUT2D eigenvalue weighted by molar-refractivity contribution is 7.25. The Hall–Kier alpha value is -6.48. The van der Waals surface area contributed by atoms with Gasteiger partial charge in [0.05, 0.1) is 0 Å². The van der Waals surface area contributed by atoms with Crippen molar-refractivity contribution in [3.8, 4) is 33.4 Å². The van der Waals surface area contributed by atoms with E-state index in [9.17, 15) is 0 Å². The van der Waals surface area contributed by atoms with Gasteiger partial charge in [-0.15, -0.1) is 11.3 Å². The van der Waals surface area contributed by atoms with Gasteiger partial charge in [-0.2, -0.15) is 0 Å². The van der Waals surface area contributed by atoms with Crippen LogP contribution in [0.3, 0.4) is 0 Å². The molecule has 52 heavy (non-hydrogen) atoms. The number of thiophene rings is 1. The summed E-state index contributed by atoms with van der Waals surface area (Å²) in [7, 11) is 0. The van der Waals surface area contributed by atoms with Crippen LogP contribution in [0.15, 0.2) is 200 Å². The Morgan fingerprint density at radius 1 is 0.308 bits per heavy atom. The van der Waals surface area contributed by atoms with E-state index in [1.807, 2.05) is 11.3 Å². The summed E-state index contributed by atoms with van der Waals surface area (Å²) in [5.74, 6) is 0. The second kappa shape index (κ2) is 12.7. The molecule has 0 aliphatic heterocycles. The van der Waals surface area contributed by atoms with Crippen LogP contribution in [-0.2, 0) is 0 Å². The predicted octanol–water partition coefficient (Wildman–Crippen LogP) is 14.8. The van der Waals surface area contributed by atoms with Crippen LogP contribution in [0.2, 0.25) is 0 Å². The number of benzene rings is 9. The highest BCUT2D eigenvalue weighted by Gasteiger charge is 2.17. The fraction of sp³-hybridized carbons (Fsp3) is 0. The number of fused-ring (bicyclic) bond motifs is 5. The zero-order valence-corrected chi connectivity index (χ0v) is 29.2. The third-order valence-electron chi connectivity index (χ3n) is 10.2. The lowest BCUT2D eigenvalue weighted by Crippen LogP contribution is -2.10. The summed E-state index contributed by atoms with van der Waals surface area (Å²) in [6.45, 7) is 0. The first-order chi connectivity index (χ1) is 25.8. The molecule has 2 heteroatoms. The van der Waals surface area contributed by atoms with Crippen molar-refractivity contribution in [2.24, 2.45) is 0 Å². The average Bonchev–Trinajstić information content (AvgIpc) is 3.60. The zero-order valence-electron chi connectivity index (χ0n) is 28.4. The lowest BCUT2D eigenvalue weighted by Gasteiger charge is -2.27. The van der Waals surface area contributed by atoms with E-state index in [4.69, 9.17) is 0 Å². The Balaban J connectivity index is 1.13. The van der Waals surface area contributed by atoms with E-state index in [1.165, 1.54) is 75.1 Å². The largest absolute Gasteiger partial charge is 0.310 e. The summed E-state index contributed by atoms with van der Waals surface area (Å²) in [5, 5.41) is 7.65. The molecule has 0 aliphatic rings. The van der Waals surface area contributed by atoms with Crippen LogP contribution in [0.4, 0.5) is 17.1 Å². The van der Waals surface area contributed by atoms with Gasteiger partial charge in [0.1, 0.15) is 0 Å². The van der Waals surface area contributed by atoms with Gasteiger partial charge < -0.3 is 4.90 Å². The summed E-state index contributed by atoms with van der Waals surface area (Å²) in [6, 6.07) is 73.0. The Labute approximate surface area is 307 Å². The average molecular weight is 680 g/mol. The fourth-order valence-corrected chi connectivity index (χ4v) is 8.96. The maximum absolute atomic E-state index is 2.40. The molecule has 0 saturated heterocycles. The Kier molecular flexibility index (Phi) is 7.41. The number of anilines is 3. The van der Waals surface area contributed by atoms with Crippen LogP contribution >= 0.6 is 11.3 Å². The van der Waals surface area contributed by atoms with Crippen molar-refractivity contribution in [1.29, 1.82) is 0 Å². The minimum atomic E-state index is 1.11. The lowest BCUT2D eigenvalue weighted by molar-refractivity contribution is 1.28. The van der Waals surface area contributed by atoms with Crippen molar-refractivity contribution in [3.63, 3.8) is 0 Å². The number of rotatable bonds is 6. The monoisotopic (exact) mass is 679 g/mol. The topological polar surface area (TPSA) is 3.24 Å². The second-order valence-electron chi connectivity index (χ2n) is 13.3. The molecule has 0 fully saturated rings. The molecule has 1 aromatic heterocycles. The van der Waals surface area contributed by atoms with Crippen LogP contribution < -0.4 is 4.90 Å². The molecule has 0 amide bonds. The molecule has 0 saturated carbocycles. The molecule has 10 aromatic rings. The van der Waals surface area contributed by atoms with Crippen molar-refractivity contribution >= 4 is 70.1 Å². The number of nitrogens with zero attached hydrogens (tertiary/aromatic N) is 1. The Morgan fingerprint density at radius 2 is 0.788 bits per heavy atom. The molecule has 0 spiro atoms. The second-order valence-corrected chi connectivity index (χ2v) is 14.4. The third-order valence-corrected chi connectivity index (χ3v) is 11.4. The highest BCUT2D eigenvalue weighted by atomic mass is 32.1. The smallest absolute Gasteiger partial charge is 0.0467 e. The molecule has 244 valence electrons. The maximum atomic E-state index is 2.40. The van der Waals surface area contributed by atoms with Crippen molar-refractivity contribution in [2.75, 3.05) is 4.90 Å². The summed E-state index contributed by atoms with van der Waals surface area (Å²) >= 11 is 1.86. The molecule has 0 aliphatic carbocycles. The van der Waals surface area contributed by atoms with Gasteiger partial charge in [0.2, 0.25) is 0 Å². The fourth-order valence-electron chi connectivity index (χ4n) is 7.83. The van der Waals surface area contributed by atoms with Crippen LogP contribution in [0.5, 0.6) is 0 Å². The normalized spacial score (nSPS) is 11.5. The van der Waals surface area contributed by atoms with Crippen LogP contribution in [0.25, 0.3) is 75.1 Å². The summed E-state index contributed by atoms with van der Waals surface area (Å²) in [4.78, 5) is 2.40. The third kappa shape index (κ3) is 5.24.